The third kappa shape index (κ3) is 5.01. The summed E-state index contributed by atoms with van der Waals surface area (Å²) >= 11 is 0. The van der Waals surface area contributed by atoms with E-state index >= 15 is 0 Å². The molecule has 3 N–H and O–H groups in total. The predicted molar refractivity (Wildman–Crippen MR) is 141 cm³/mol. The molecule has 0 aliphatic heterocycles. The molecule has 0 fully saturated rings. The maximum absolute atomic E-state index is 9.52. The van der Waals surface area contributed by atoms with Crippen LogP contribution in [-0.2, 0) is 6.42 Å². The molecule has 5 rings (SSSR count). The van der Waals surface area contributed by atoms with E-state index in [4.69, 9.17) is 9.97 Å². The van der Waals surface area contributed by atoms with E-state index in [-0.39, 0.29) is 5.75 Å². The van der Waals surface area contributed by atoms with Crippen LogP contribution in [-0.4, -0.2) is 45.3 Å². The Bertz CT molecular complexity index is 1430. The molecule has 0 saturated carbocycles. The maximum Gasteiger partial charge on any atom is 0.231 e. The Kier molecular flexibility index (Phi) is 6.17. The van der Waals surface area contributed by atoms with Crippen molar-refractivity contribution in [3.8, 4) is 11.4 Å². The zero-order valence-electron chi connectivity index (χ0n) is 19.7. The Morgan fingerprint density at radius 3 is 2.49 bits per heavy atom. The number of nitrogens with zero attached hydrogens (tertiary/aromatic N) is 5. The molecule has 0 saturated heterocycles. The molecule has 35 heavy (non-hydrogen) atoms. The van der Waals surface area contributed by atoms with Crippen LogP contribution in [0.15, 0.2) is 85.2 Å². The molecule has 0 unspecified atom stereocenters. The lowest BCUT2D eigenvalue weighted by Crippen LogP contribution is -2.10. The van der Waals surface area contributed by atoms with Gasteiger partial charge < -0.3 is 20.6 Å². The molecule has 5 aromatic rings. The number of phenols is 1. The number of phenolic OH excluding ortho intramolecular Hbond substituents is 1. The van der Waals surface area contributed by atoms with Gasteiger partial charge in [-0.2, -0.15) is 9.97 Å². The number of rotatable bonds is 8. The normalized spacial score (nSPS) is 10.9. The van der Waals surface area contributed by atoms with Crippen molar-refractivity contribution in [2.24, 2.45) is 0 Å². The minimum atomic E-state index is 0.264. The molecule has 0 aliphatic carbocycles. The highest BCUT2D eigenvalue weighted by Crippen LogP contribution is 2.26. The van der Waals surface area contributed by atoms with Gasteiger partial charge in [-0.05, 0) is 54.4 Å². The van der Waals surface area contributed by atoms with Crippen LogP contribution < -0.4 is 15.5 Å². The number of nitrogens with one attached hydrogen (secondary N) is 2. The number of hydrogen-bond acceptors (Lipinski definition) is 7. The van der Waals surface area contributed by atoms with Crippen molar-refractivity contribution >= 4 is 34.3 Å². The van der Waals surface area contributed by atoms with E-state index < -0.39 is 0 Å². The van der Waals surface area contributed by atoms with Gasteiger partial charge in [0.15, 0.2) is 17.0 Å². The van der Waals surface area contributed by atoms with Gasteiger partial charge in [0, 0.05) is 37.7 Å². The molecule has 0 spiro atoms. The number of aromatic nitrogens is 4. The number of benzene rings is 3. The molecule has 2 aromatic heterocycles. The van der Waals surface area contributed by atoms with Crippen LogP contribution in [0, 0.1) is 0 Å². The van der Waals surface area contributed by atoms with Crippen molar-refractivity contribution in [3.63, 3.8) is 0 Å². The summed E-state index contributed by atoms with van der Waals surface area (Å²) in [6.07, 6.45) is 2.55. The van der Waals surface area contributed by atoms with E-state index in [0.717, 1.165) is 29.0 Å². The Labute approximate surface area is 203 Å². The number of para-hydroxylation sites is 1. The smallest absolute Gasteiger partial charge is 0.231 e. The van der Waals surface area contributed by atoms with Crippen molar-refractivity contribution < 1.29 is 5.11 Å². The lowest BCUT2D eigenvalue weighted by molar-refractivity contribution is 0.475. The number of imidazole rings is 1. The summed E-state index contributed by atoms with van der Waals surface area (Å²) < 4.78 is 1.96. The topological polar surface area (TPSA) is 91.1 Å². The molecule has 0 atom stereocenters. The first-order valence-electron chi connectivity index (χ1n) is 11.4. The first kappa shape index (κ1) is 22.2. The molecule has 0 radical (unpaired) electrons. The Morgan fingerprint density at radius 1 is 0.914 bits per heavy atom. The van der Waals surface area contributed by atoms with Gasteiger partial charge in [-0.25, -0.2) is 4.98 Å². The predicted octanol–water partition coefficient (Wildman–Crippen LogP) is 4.99. The van der Waals surface area contributed by atoms with Gasteiger partial charge in [-0.15, -0.1) is 0 Å². The van der Waals surface area contributed by atoms with E-state index in [2.05, 4.69) is 32.7 Å². The second kappa shape index (κ2) is 9.72. The monoisotopic (exact) mass is 465 g/mol. The summed E-state index contributed by atoms with van der Waals surface area (Å²) in [6.45, 7) is 0.657. The summed E-state index contributed by atoms with van der Waals surface area (Å²) in [5, 5.41) is 16.3. The zero-order chi connectivity index (χ0) is 24.2. The molecule has 3 aromatic carbocycles. The van der Waals surface area contributed by atoms with Gasteiger partial charge in [0.1, 0.15) is 12.1 Å². The maximum atomic E-state index is 9.52. The van der Waals surface area contributed by atoms with Crippen molar-refractivity contribution in [3.05, 3.63) is 90.8 Å². The van der Waals surface area contributed by atoms with Gasteiger partial charge >= 0.3 is 0 Å². The van der Waals surface area contributed by atoms with Crippen LogP contribution in [0.5, 0.6) is 5.75 Å². The average Bonchev–Trinajstić information content (AvgIpc) is 3.30. The lowest BCUT2D eigenvalue weighted by atomic mass is 10.1. The highest BCUT2D eigenvalue weighted by atomic mass is 16.3. The second-order valence-corrected chi connectivity index (χ2v) is 8.43. The van der Waals surface area contributed by atoms with Crippen LogP contribution in [0.3, 0.4) is 0 Å². The molecule has 8 nitrogen and oxygen atoms in total. The largest absolute Gasteiger partial charge is 0.508 e. The summed E-state index contributed by atoms with van der Waals surface area (Å²) in [4.78, 5) is 16.3. The summed E-state index contributed by atoms with van der Waals surface area (Å²) in [7, 11) is 4.02. The number of fused-ring (bicyclic) bond motifs is 1. The highest BCUT2D eigenvalue weighted by Gasteiger charge is 2.15. The minimum absolute atomic E-state index is 0.264. The molecule has 0 aliphatic rings. The highest BCUT2D eigenvalue weighted by molar-refractivity contribution is 5.86. The van der Waals surface area contributed by atoms with Gasteiger partial charge in [0.05, 0.1) is 0 Å². The molecule has 8 heteroatoms. The van der Waals surface area contributed by atoms with Crippen LogP contribution >= 0.6 is 0 Å². The Hall–Kier alpha value is -4.59. The average molecular weight is 466 g/mol. The third-order valence-corrected chi connectivity index (χ3v) is 5.69. The molecule has 0 bridgehead atoms. The first-order valence-corrected chi connectivity index (χ1v) is 11.4. The number of hydrogen-bond donors (Lipinski definition) is 3. The van der Waals surface area contributed by atoms with Crippen molar-refractivity contribution in [2.45, 2.75) is 6.42 Å². The fourth-order valence-electron chi connectivity index (χ4n) is 3.84. The quantitative estimate of drug-likeness (QED) is 0.298. The minimum Gasteiger partial charge on any atom is -0.508 e. The fourth-order valence-corrected chi connectivity index (χ4v) is 3.84. The zero-order valence-corrected chi connectivity index (χ0v) is 19.7. The lowest BCUT2D eigenvalue weighted by Gasteiger charge is -2.15. The molecular formula is C27H27N7O. The third-order valence-electron chi connectivity index (χ3n) is 5.69. The van der Waals surface area contributed by atoms with E-state index in [1.165, 1.54) is 0 Å². The van der Waals surface area contributed by atoms with Crippen LogP contribution in [0.4, 0.5) is 23.1 Å². The van der Waals surface area contributed by atoms with E-state index in [9.17, 15) is 5.11 Å². The Balaban J connectivity index is 1.48. The van der Waals surface area contributed by atoms with Crippen molar-refractivity contribution in [1.29, 1.82) is 0 Å². The fraction of sp³-hybridized carbons (Fsp3) is 0.148. The molecule has 176 valence electrons. The van der Waals surface area contributed by atoms with Crippen molar-refractivity contribution in [1.82, 2.24) is 19.5 Å². The van der Waals surface area contributed by atoms with Gasteiger partial charge in [0.2, 0.25) is 5.95 Å². The van der Waals surface area contributed by atoms with Gasteiger partial charge in [-0.1, -0.05) is 36.4 Å². The Morgan fingerprint density at radius 2 is 1.71 bits per heavy atom. The molecular weight excluding hydrogens is 438 g/mol. The summed E-state index contributed by atoms with van der Waals surface area (Å²) in [5.74, 6) is 1.41. The second-order valence-electron chi connectivity index (χ2n) is 8.43. The van der Waals surface area contributed by atoms with Crippen LogP contribution in [0.2, 0.25) is 0 Å². The van der Waals surface area contributed by atoms with E-state index in [1.54, 1.807) is 18.5 Å². The standard InChI is InChI=1S/C27H27N7O/c1-33(2)22-10-6-7-20(17-22)30-27-31-25(28-16-15-19-11-13-23(35)14-12-19)24-26(32-27)34(18-29-24)21-8-4-3-5-9-21/h3-14,17-18,35H,15-16H2,1-2H3,(H2,28,30,31,32). The van der Waals surface area contributed by atoms with Crippen molar-refractivity contribution in [2.75, 3.05) is 36.2 Å². The SMILES string of the molecule is CN(C)c1cccc(Nc2nc(NCCc3ccc(O)cc3)c3ncn(-c4ccccc4)c3n2)c1. The molecule has 0 amide bonds. The summed E-state index contributed by atoms with van der Waals surface area (Å²) in [6, 6.07) is 25.3. The van der Waals surface area contributed by atoms with Gasteiger partial charge in [-0.3, -0.25) is 4.57 Å². The van der Waals surface area contributed by atoms with E-state index in [1.807, 2.05) is 73.3 Å². The molecule has 2 heterocycles. The van der Waals surface area contributed by atoms with Gasteiger partial charge in [0.25, 0.3) is 0 Å². The van der Waals surface area contributed by atoms with E-state index in [0.29, 0.717) is 29.5 Å². The summed E-state index contributed by atoms with van der Waals surface area (Å²) in [5.41, 5.74) is 5.49. The van der Waals surface area contributed by atoms with Crippen LogP contribution in [0.1, 0.15) is 5.56 Å². The first-order chi connectivity index (χ1) is 17.1. The number of aromatic hydroxyl groups is 1. The number of anilines is 4. The van der Waals surface area contributed by atoms with Crippen LogP contribution in [0.25, 0.3) is 16.9 Å².